The summed E-state index contributed by atoms with van der Waals surface area (Å²) in [6.45, 7) is 4.26. The lowest BCUT2D eigenvalue weighted by Gasteiger charge is -2.32. The Labute approximate surface area is 177 Å². The van der Waals surface area contributed by atoms with E-state index in [0.717, 1.165) is 23.3 Å². The molecule has 0 saturated heterocycles. The number of alkyl halides is 3. The molecule has 4 rings (SSSR count). The van der Waals surface area contributed by atoms with E-state index < -0.39 is 11.7 Å². The van der Waals surface area contributed by atoms with E-state index in [2.05, 4.69) is 11.9 Å². The first-order valence-corrected chi connectivity index (χ1v) is 9.85. The van der Waals surface area contributed by atoms with Crippen LogP contribution in [0.1, 0.15) is 30.4 Å². The van der Waals surface area contributed by atoms with Crippen molar-refractivity contribution in [2.45, 2.75) is 30.9 Å². The van der Waals surface area contributed by atoms with Gasteiger partial charge in [-0.25, -0.2) is 0 Å². The zero-order valence-electron chi connectivity index (χ0n) is 16.0. The second kappa shape index (κ2) is 7.51. The molecule has 1 aliphatic carbocycles. The zero-order chi connectivity index (χ0) is 21.5. The highest BCUT2D eigenvalue weighted by Gasteiger charge is 2.43. The molecule has 3 nitrogen and oxygen atoms in total. The third kappa shape index (κ3) is 3.84. The standard InChI is InChI=1S/C23H19ClF3NO2/c1-14(21(29)28-18-5-3-17(24)4-6-18)15-8-10-22(11-9-15)13-30-20-12-16(23(25,26)27)2-7-19(20)22/h2-8,12H,1,9-11,13H2,(H,28,29)/t22-/m0/s1. The fraction of sp³-hybridized carbons (Fsp3) is 0.261. The first-order valence-electron chi connectivity index (χ1n) is 9.48. The molecule has 1 aliphatic heterocycles. The van der Waals surface area contributed by atoms with Crippen LogP contribution in [0, 0.1) is 0 Å². The summed E-state index contributed by atoms with van der Waals surface area (Å²) in [6.07, 6.45) is -0.610. The van der Waals surface area contributed by atoms with Gasteiger partial charge in [-0.2, -0.15) is 13.2 Å². The second-order valence-electron chi connectivity index (χ2n) is 7.65. The molecule has 0 fully saturated rings. The molecule has 2 aliphatic rings. The van der Waals surface area contributed by atoms with Gasteiger partial charge in [0.25, 0.3) is 5.91 Å². The van der Waals surface area contributed by atoms with E-state index in [4.69, 9.17) is 16.3 Å². The Kier molecular flexibility index (Phi) is 5.14. The molecule has 1 N–H and O–H groups in total. The van der Waals surface area contributed by atoms with Crippen molar-refractivity contribution >= 4 is 23.2 Å². The summed E-state index contributed by atoms with van der Waals surface area (Å²) < 4.78 is 44.5. The van der Waals surface area contributed by atoms with Gasteiger partial charge in [0.1, 0.15) is 5.75 Å². The average molecular weight is 434 g/mol. The number of allylic oxidation sites excluding steroid dienone is 1. The lowest BCUT2D eigenvalue weighted by Crippen LogP contribution is -2.30. The molecule has 2 aromatic rings. The van der Waals surface area contributed by atoms with Crippen LogP contribution in [0.25, 0.3) is 0 Å². The molecule has 0 saturated carbocycles. The van der Waals surface area contributed by atoms with Crippen LogP contribution in [0.3, 0.4) is 0 Å². The third-order valence-corrected chi connectivity index (χ3v) is 6.01. The number of ether oxygens (including phenoxy) is 1. The minimum absolute atomic E-state index is 0.293. The molecule has 30 heavy (non-hydrogen) atoms. The largest absolute Gasteiger partial charge is 0.492 e. The van der Waals surface area contributed by atoms with Crippen LogP contribution >= 0.6 is 11.6 Å². The van der Waals surface area contributed by atoms with E-state index in [9.17, 15) is 18.0 Å². The highest BCUT2D eigenvalue weighted by molar-refractivity contribution is 6.30. The Morgan fingerprint density at radius 3 is 2.53 bits per heavy atom. The van der Waals surface area contributed by atoms with Gasteiger partial charge in [-0.15, -0.1) is 0 Å². The monoisotopic (exact) mass is 433 g/mol. The number of carbonyl (C=O) groups excluding carboxylic acids is 1. The van der Waals surface area contributed by atoms with Crippen molar-refractivity contribution in [3.63, 3.8) is 0 Å². The fourth-order valence-electron chi connectivity index (χ4n) is 3.98. The van der Waals surface area contributed by atoms with Gasteiger partial charge in [0.15, 0.2) is 0 Å². The molecule has 1 amide bonds. The predicted octanol–water partition coefficient (Wildman–Crippen LogP) is 6.29. The van der Waals surface area contributed by atoms with Crippen molar-refractivity contribution in [1.82, 2.24) is 0 Å². The quantitative estimate of drug-likeness (QED) is 0.577. The summed E-state index contributed by atoms with van der Waals surface area (Å²) in [5.41, 5.74) is 1.56. The van der Waals surface area contributed by atoms with Crippen molar-refractivity contribution in [2.24, 2.45) is 0 Å². The highest BCUT2D eigenvalue weighted by Crippen LogP contribution is 2.49. The van der Waals surface area contributed by atoms with E-state index in [1.54, 1.807) is 24.3 Å². The molecular weight excluding hydrogens is 415 g/mol. The van der Waals surface area contributed by atoms with E-state index in [0.29, 0.717) is 47.9 Å². The lowest BCUT2D eigenvalue weighted by atomic mass is 9.70. The van der Waals surface area contributed by atoms with Gasteiger partial charge in [0, 0.05) is 27.3 Å². The Balaban J connectivity index is 1.48. The normalized spacial score (nSPS) is 20.3. The summed E-state index contributed by atoms with van der Waals surface area (Å²) in [6, 6.07) is 10.5. The lowest BCUT2D eigenvalue weighted by molar-refractivity contribution is -0.137. The summed E-state index contributed by atoms with van der Waals surface area (Å²) in [5.74, 6) is -0.00148. The van der Waals surface area contributed by atoms with Gasteiger partial charge in [0.05, 0.1) is 12.2 Å². The summed E-state index contributed by atoms with van der Waals surface area (Å²) >= 11 is 5.85. The number of halogens is 4. The molecular formula is C23H19ClF3NO2. The van der Waals surface area contributed by atoms with E-state index in [-0.39, 0.29) is 11.3 Å². The Morgan fingerprint density at radius 1 is 1.17 bits per heavy atom. The number of fused-ring (bicyclic) bond motifs is 2. The van der Waals surface area contributed by atoms with Gasteiger partial charge in [-0.3, -0.25) is 4.79 Å². The van der Waals surface area contributed by atoms with E-state index in [1.165, 1.54) is 6.07 Å². The van der Waals surface area contributed by atoms with Gasteiger partial charge < -0.3 is 10.1 Å². The van der Waals surface area contributed by atoms with Gasteiger partial charge in [0.2, 0.25) is 0 Å². The third-order valence-electron chi connectivity index (χ3n) is 5.76. The number of amides is 1. The van der Waals surface area contributed by atoms with Crippen LogP contribution in [0.15, 0.2) is 66.3 Å². The number of rotatable bonds is 3. The van der Waals surface area contributed by atoms with Crippen LogP contribution in [0.4, 0.5) is 18.9 Å². The topological polar surface area (TPSA) is 38.3 Å². The van der Waals surface area contributed by atoms with Crippen molar-refractivity contribution < 1.29 is 22.7 Å². The highest BCUT2D eigenvalue weighted by atomic mass is 35.5. The Bertz CT molecular complexity index is 1040. The minimum Gasteiger partial charge on any atom is -0.492 e. The number of anilines is 1. The van der Waals surface area contributed by atoms with Gasteiger partial charge in [-0.05, 0) is 61.2 Å². The number of carbonyl (C=O) groups is 1. The van der Waals surface area contributed by atoms with Crippen LogP contribution < -0.4 is 10.1 Å². The molecule has 0 bridgehead atoms. The Morgan fingerprint density at radius 2 is 1.90 bits per heavy atom. The molecule has 1 heterocycles. The SMILES string of the molecule is C=C(C(=O)Nc1ccc(Cl)cc1)C1=CC[C@]2(CC1)COc1cc(C(F)(F)F)ccc12. The number of hydrogen-bond acceptors (Lipinski definition) is 2. The van der Waals surface area contributed by atoms with Gasteiger partial charge in [-0.1, -0.05) is 30.3 Å². The van der Waals surface area contributed by atoms with Crippen LogP contribution in [-0.2, 0) is 16.4 Å². The number of nitrogens with one attached hydrogen (secondary N) is 1. The second-order valence-corrected chi connectivity index (χ2v) is 8.09. The van der Waals surface area contributed by atoms with E-state index in [1.807, 2.05) is 6.08 Å². The molecule has 156 valence electrons. The molecule has 0 unspecified atom stereocenters. The number of hydrogen-bond donors (Lipinski definition) is 1. The zero-order valence-corrected chi connectivity index (χ0v) is 16.7. The van der Waals surface area contributed by atoms with E-state index >= 15 is 0 Å². The fourth-order valence-corrected chi connectivity index (χ4v) is 4.11. The van der Waals surface area contributed by atoms with Crippen molar-refractivity contribution in [3.05, 3.63) is 82.4 Å². The maximum Gasteiger partial charge on any atom is 0.416 e. The van der Waals surface area contributed by atoms with Crippen LogP contribution in [0.5, 0.6) is 5.75 Å². The predicted molar refractivity (Wildman–Crippen MR) is 110 cm³/mol. The summed E-state index contributed by atoms with van der Waals surface area (Å²) in [4.78, 5) is 12.5. The first-order chi connectivity index (χ1) is 14.2. The molecule has 1 spiro atoms. The average Bonchev–Trinajstić information content (AvgIpc) is 3.07. The number of benzene rings is 2. The summed E-state index contributed by atoms with van der Waals surface area (Å²) in [7, 11) is 0. The first kappa shape index (κ1) is 20.5. The molecule has 0 aromatic heterocycles. The Hall–Kier alpha value is -2.73. The van der Waals surface area contributed by atoms with Crippen LogP contribution in [0.2, 0.25) is 5.02 Å². The molecule has 2 aromatic carbocycles. The van der Waals surface area contributed by atoms with Crippen molar-refractivity contribution in [2.75, 3.05) is 11.9 Å². The minimum atomic E-state index is -4.40. The molecule has 0 radical (unpaired) electrons. The maximum atomic E-state index is 13.0. The van der Waals surface area contributed by atoms with Crippen LogP contribution in [-0.4, -0.2) is 12.5 Å². The maximum absolute atomic E-state index is 13.0. The smallest absolute Gasteiger partial charge is 0.416 e. The van der Waals surface area contributed by atoms with Crippen molar-refractivity contribution in [3.8, 4) is 5.75 Å². The summed E-state index contributed by atoms with van der Waals surface area (Å²) in [5, 5.41) is 3.37. The van der Waals surface area contributed by atoms with Gasteiger partial charge >= 0.3 is 6.18 Å². The molecule has 1 atom stereocenters. The van der Waals surface area contributed by atoms with Crippen molar-refractivity contribution in [1.29, 1.82) is 0 Å². The molecule has 7 heteroatoms.